The molecule has 1 amide bonds. The minimum atomic E-state index is -0.506. The topological polar surface area (TPSA) is 93.8 Å². The van der Waals surface area contributed by atoms with Crippen molar-refractivity contribution >= 4 is 17.8 Å². The first-order valence-corrected chi connectivity index (χ1v) is 6.92. The van der Waals surface area contributed by atoms with Crippen molar-refractivity contribution < 1.29 is 14.5 Å². The molecule has 0 spiro atoms. The fourth-order valence-corrected chi connectivity index (χ4v) is 1.92. The summed E-state index contributed by atoms with van der Waals surface area (Å²) in [6.45, 7) is 2.26. The number of carbonyl (C=O) groups is 1. The van der Waals surface area contributed by atoms with E-state index in [1.807, 2.05) is 6.92 Å². The molecule has 2 aromatic carbocycles. The van der Waals surface area contributed by atoms with Crippen LogP contribution in [0.3, 0.4) is 0 Å². The molecule has 0 unspecified atom stereocenters. The van der Waals surface area contributed by atoms with E-state index in [0.717, 1.165) is 0 Å². The van der Waals surface area contributed by atoms with Crippen LogP contribution in [0.15, 0.2) is 53.6 Å². The number of nitrogens with one attached hydrogen (secondary N) is 1. The number of hydrogen-bond donors (Lipinski definition) is 1. The van der Waals surface area contributed by atoms with E-state index in [2.05, 4.69) is 10.5 Å². The summed E-state index contributed by atoms with van der Waals surface area (Å²) in [6.07, 6.45) is 1.24. The Hall–Kier alpha value is -3.22. The second kappa shape index (κ2) is 7.69. The highest BCUT2D eigenvalue weighted by Gasteiger charge is 2.12. The highest BCUT2D eigenvalue weighted by Crippen LogP contribution is 2.18. The standard InChI is InChI=1S/C16H15N3O4/c1-2-23-15-10-6-4-8-13(15)16(20)18-17-11-12-7-3-5-9-14(12)19(21)22/h3-11H,2H2,1H3,(H,18,20). The first kappa shape index (κ1) is 16.2. The molecule has 0 atom stereocenters. The van der Waals surface area contributed by atoms with E-state index in [9.17, 15) is 14.9 Å². The van der Waals surface area contributed by atoms with Gasteiger partial charge in [0.2, 0.25) is 0 Å². The molecule has 0 saturated heterocycles. The van der Waals surface area contributed by atoms with E-state index >= 15 is 0 Å². The fraction of sp³-hybridized carbons (Fsp3) is 0.125. The van der Waals surface area contributed by atoms with Crippen molar-refractivity contribution in [3.8, 4) is 5.75 Å². The third-order valence-corrected chi connectivity index (χ3v) is 2.93. The molecule has 0 saturated carbocycles. The molecule has 0 bridgehead atoms. The molecule has 7 heteroatoms. The fourth-order valence-electron chi connectivity index (χ4n) is 1.92. The Morgan fingerprint density at radius 3 is 2.70 bits per heavy atom. The van der Waals surface area contributed by atoms with Crippen molar-refractivity contribution in [1.82, 2.24) is 5.43 Å². The Balaban J connectivity index is 2.12. The quantitative estimate of drug-likeness (QED) is 0.504. The molecule has 2 aromatic rings. The highest BCUT2D eigenvalue weighted by atomic mass is 16.6. The Morgan fingerprint density at radius 1 is 1.26 bits per heavy atom. The summed E-state index contributed by atoms with van der Waals surface area (Å²) in [5.74, 6) is -0.00252. The maximum atomic E-state index is 12.1. The molecule has 23 heavy (non-hydrogen) atoms. The van der Waals surface area contributed by atoms with E-state index in [0.29, 0.717) is 23.5 Å². The number of ether oxygens (including phenoxy) is 1. The zero-order valence-electron chi connectivity index (χ0n) is 12.4. The molecule has 0 radical (unpaired) electrons. The minimum Gasteiger partial charge on any atom is -0.493 e. The summed E-state index contributed by atoms with van der Waals surface area (Å²) >= 11 is 0. The lowest BCUT2D eigenvalue weighted by molar-refractivity contribution is -0.385. The third-order valence-electron chi connectivity index (χ3n) is 2.93. The number of benzene rings is 2. The van der Waals surface area contributed by atoms with Gasteiger partial charge in [-0.25, -0.2) is 5.43 Å². The number of nitro benzene ring substituents is 1. The van der Waals surface area contributed by atoms with Gasteiger partial charge in [-0.15, -0.1) is 0 Å². The number of amides is 1. The number of nitro groups is 1. The lowest BCUT2D eigenvalue weighted by Gasteiger charge is -2.08. The molecule has 0 aromatic heterocycles. The third kappa shape index (κ3) is 4.13. The predicted molar refractivity (Wildman–Crippen MR) is 85.8 cm³/mol. The highest BCUT2D eigenvalue weighted by molar-refractivity contribution is 5.97. The van der Waals surface area contributed by atoms with Crippen LogP contribution in [0.1, 0.15) is 22.8 Å². The van der Waals surface area contributed by atoms with Gasteiger partial charge in [-0.2, -0.15) is 5.10 Å². The summed E-state index contributed by atoms with van der Waals surface area (Å²) in [7, 11) is 0. The van der Waals surface area contributed by atoms with Gasteiger partial charge in [0.15, 0.2) is 0 Å². The van der Waals surface area contributed by atoms with Gasteiger partial charge < -0.3 is 4.74 Å². The van der Waals surface area contributed by atoms with Crippen molar-refractivity contribution in [3.05, 3.63) is 69.8 Å². The normalized spacial score (nSPS) is 10.5. The second-order valence-corrected chi connectivity index (χ2v) is 4.44. The van der Waals surface area contributed by atoms with Gasteiger partial charge in [-0.1, -0.05) is 24.3 Å². The van der Waals surface area contributed by atoms with E-state index < -0.39 is 10.8 Å². The SMILES string of the molecule is CCOc1ccccc1C(=O)NN=Cc1ccccc1[N+](=O)[O-]. The monoisotopic (exact) mass is 313 g/mol. The second-order valence-electron chi connectivity index (χ2n) is 4.44. The van der Waals surface area contributed by atoms with Crippen LogP contribution in [0.2, 0.25) is 0 Å². The van der Waals surface area contributed by atoms with Crippen LogP contribution in [0.5, 0.6) is 5.75 Å². The first-order chi connectivity index (χ1) is 11.1. The van der Waals surface area contributed by atoms with Crippen molar-refractivity contribution in [2.24, 2.45) is 5.10 Å². The summed E-state index contributed by atoms with van der Waals surface area (Å²) in [4.78, 5) is 22.5. The average Bonchev–Trinajstić information content (AvgIpc) is 2.56. The van der Waals surface area contributed by atoms with Crippen LogP contribution in [-0.4, -0.2) is 23.7 Å². The van der Waals surface area contributed by atoms with Crippen molar-refractivity contribution in [3.63, 3.8) is 0 Å². The van der Waals surface area contributed by atoms with E-state index in [-0.39, 0.29) is 5.69 Å². The maximum Gasteiger partial charge on any atom is 0.278 e. The Kier molecular flexibility index (Phi) is 5.40. The van der Waals surface area contributed by atoms with Crippen LogP contribution in [-0.2, 0) is 0 Å². The van der Waals surface area contributed by atoms with Gasteiger partial charge >= 0.3 is 0 Å². The zero-order chi connectivity index (χ0) is 16.7. The largest absolute Gasteiger partial charge is 0.493 e. The molecular formula is C16H15N3O4. The van der Waals surface area contributed by atoms with Gasteiger partial charge in [-0.05, 0) is 25.1 Å². The van der Waals surface area contributed by atoms with Crippen LogP contribution in [0.25, 0.3) is 0 Å². The van der Waals surface area contributed by atoms with E-state index in [1.165, 1.54) is 12.3 Å². The van der Waals surface area contributed by atoms with Crippen LogP contribution < -0.4 is 10.2 Å². The number of carbonyl (C=O) groups excluding carboxylic acids is 1. The molecule has 118 valence electrons. The molecule has 0 aliphatic heterocycles. The molecule has 1 N–H and O–H groups in total. The van der Waals surface area contributed by atoms with E-state index in [1.54, 1.807) is 42.5 Å². The molecule has 0 aliphatic carbocycles. The Bertz CT molecular complexity index is 744. The molecule has 2 rings (SSSR count). The molecule has 0 aliphatic rings. The van der Waals surface area contributed by atoms with Gasteiger partial charge in [0.1, 0.15) is 5.75 Å². The smallest absolute Gasteiger partial charge is 0.278 e. The molecule has 7 nitrogen and oxygen atoms in total. The number of hydrogen-bond acceptors (Lipinski definition) is 5. The van der Waals surface area contributed by atoms with Gasteiger partial charge in [0, 0.05) is 6.07 Å². The van der Waals surface area contributed by atoms with Crippen molar-refractivity contribution in [1.29, 1.82) is 0 Å². The molecule has 0 heterocycles. The molecular weight excluding hydrogens is 298 g/mol. The van der Waals surface area contributed by atoms with Crippen molar-refractivity contribution in [2.75, 3.05) is 6.61 Å². The minimum absolute atomic E-state index is 0.0831. The van der Waals surface area contributed by atoms with E-state index in [4.69, 9.17) is 4.74 Å². The summed E-state index contributed by atoms with van der Waals surface area (Å²) in [5.41, 5.74) is 2.90. The maximum absolute atomic E-state index is 12.1. The average molecular weight is 313 g/mol. The van der Waals surface area contributed by atoms with Crippen LogP contribution >= 0.6 is 0 Å². The Labute approximate surface area is 132 Å². The lowest BCUT2D eigenvalue weighted by atomic mass is 10.2. The molecule has 0 fully saturated rings. The van der Waals surface area contributed by atoms with Gasteiger partial charge in [0.05, 0.1) is 28.9 Å². The van der Waals surface area contributed by atoms with Crippen molar-refractivity contribution in [2.45, 2.75) is 6.92 Å². The van der Waals surface area contributed by atoms with Crippen LogP contribution in [0, 0.1) is 10.1 Å². The van der Waals surface area contributed by atoms with Crippen LogP contribution in [0.4, 0.5) is 5.69 Å². The number of para-hydroxylation sites is 2. The van der Waals surface area contributed by atoms with Gasteiger partial charge in [-0.3, -0.25) is 14.9 Å². The lowest BCUT2D eigenvalue weighted by Crippen LogP contribution is -2.18. The number of nitrogens with zero attached hydrogens (tertiary/aromatic N) is 2. The predicted octanol–water partition coefficient (Wildman–Crippen LogP) is 2.76. The first-order valence-electron chi connectivity index (χ1n) is 6.92. The number of rotatable bonds is 6. The summed E-state index contributed by atoms with van der Waals surface area (Å²) in [5, 5.41) is 14.7. The van der Waals surface area contributed by atoms with Gasteiger partial charge in [0.25, 0.3) is 11.6 Å². The Morgan fingerprint density at radius 2 is 1.96 bits per heavy atom. The zero-order valence-corrected chi connectivity index (χ0v) is 12.4. The summed E-state index contributed by atoms with van der Waals surface area (Å²) in [6, 6.07) is 12.9. The number of hydrazone groups is 1. The summed E-state index contributed by atoms with van der Waals surface area (Å²) < 4.78 is 5.37.